The molecule has 2 bridgehead atoms. The number of carbonyl (C=O) groups is 2. The molecule has 0 saturated carbocycles. The zero-order chi connectivity index (χ0) is 23.8. The van der Waals surface area contributed by atoms with Crippen molar-refractivity contribution in [2.24, 2.45) is 0 Å². The number of hydrogen-bond donors (Lipinski definition) is 1. The van der Waals surface area contributed by atoms with Crippen LogP contribution in [0.15, 0.2) is 11.6 Å². The fourth-order valence-corrected chi connectivity index (χ4v) is 7.19. The second kappa shape index (κ2) is 9.77. The van der Waals surface area contributed by atoms with Crippen LogP contribution in [0.4, 0.5) is 0 Å². The summed E-state index contributed by atoms with van der Waals surface area (Å²) in [6, 6.07) is 1.64. The van der Waals surface area contributed by atoms with E-state index < -0.39 is 0 Å². The molecule has 9 heteroatoms. The van der Waals surface area contributed by atoms with E-state index in [4.69, 9.17) is 4.98 Å². The average molecular weight is 485 g/mol. The van der Waals surface area contributed by atoms with E-state index in [9.17, 15) is 9.59 Å². The molecule has 3 aliphatic rings. The number of piperidine rings is 1. The van der Waals surface area contributed by atoms with E-state index in [-0.39, 0.29) is 17.9 Å². The summed E-state index contributed by atoms with van der Waals surface area (Å²) in [4.78, 5) is 38.0. The van der Waals surface area contributed by atoms with Gasteiger partial charge in [0.2, 0.25) is 11.8 Å². The minimum atomic E-state index is -0.00804. The summed E-state index contributed by atoms with van der Waals surface area (Å²) < 4.78 is 2.52. The number of aryl methyl sites for hydroxylation is 1. The predicted molar refractivity (Wildman–Crippen MR) is 131 cm³/mol. The third-order valence-electron chi connectivity index (χ3n) is 7.91. The molecule has 2 amide bonds. The summed E-state index contributed by atoms with van der Waals surface area (Å²) in [5.41, 5.74) is 2.45. The van der Waals surface area contributed by atoms with Gasteiger partial charge in [0.25, 0.3) is 0 Å². The summed E-state index contributed by atoms with van der Waals surface area (Å²) in [7, 11) is 0. The molecule has 1 unspecified atom stereocenters. The Kier molecular flexibility index (Phi) is 6.75. The molecule has 2 saturated heterocycles. The summed E-state index contributed by atoms with van der Waals surface area (Å²) in [5, 5.41) is 6.07. The Morgan fingerprint density at radius 3 is 2.65 bits per heavy atom. The van der Waals surface area contributed by atoms with Gasteiger partial charge in [-0.25, -0.2) is 9.97 Å². The van der Waals surface area contributed by atoms with Crippen molar-refractivity contribution >= 4 is 23.2 Å². The van der Waals surface area contributed by atoms with Crippen LogP contribution >= 0.6 is 11.3 Å². The number of imidazole rings is 1. The van der Waals surface area contributed by atoms with E-state index in [1.807, 2.05) is 23.4 Å². The summed E-state index contributed by atoms with van der Waals surface area (Å²) >= 11 is 1.61. The summed E-state index contributed by atoms with van der Waals surface area (Å²) in [5.74, 6) is 1.32. The molecule has 0 spiro atoms. The highest BCUT2D eigenvalue weighted by Gasteiger charge is 2.42. The van der Waals surface area contributed by atoms with Gasteiger partial charge in [-0.3, -0.25) is 14.5 Å². The standard InChI is InChI=1S/C25H36N6O2S/c1-4-24(33)29-10-8-23-22(15-29)27-16(2)31(23)20-13-18-5-6-19(14-20)30(18)11-7-21(28-17(3)32)25-26-9-12-34-25/h9,12,18-21H,4-8,10-11,13-15H2,1-3H3,(H,28,32)/t18-,19+,20?,21-/m0/s1. The lowest BCUT2D eigenvalue weighted by Gasteiger charge is -2.41. The number of aromatic nitrogens is 3. The summed E-state index contributed by atoms with van der Waals surface area (Å²) in [6.45, 7) is 8.09. The van der Waals surface area contributed by atoms with Crippen LogP contribution in [0, 0.1) is 6.92 Å². The first kappa shape index (κ1) is 23.5. The molecular weight excluding hydrogens is 448 g/mol. The molecular formula is C25H36N6O2S. The molecule has 5 rings (SSSR count). The van der Waals surface area contributed by atoms with Gasteiger partial charge in [-0.15, -0.1) is 11.3 Å². The second-order valence-corrected chi connectivity index (χ2v) is 10.9. The first-order chi connectivity index (χ1) is 16.4. The van der Waals surface area contributed by atoms with Crippen molar-refractivity contribution in [3.05, 3.63) is 33.8 Å². The number of nitrogens with zero attached hydrogens (tertiary/aromatic N) is 5. The topological polar surface area (TPSA) is 83.4 Å². The quantitative estimate of drug-likeness (QED) is 0.651. The van der Waals surface area contributed by atoms with Crippen LogP contribution in [0.2, 0.25) is 0 Å². The number of nitrogens with one attached hydrogen (secondary N) is 1. The maximum atomic E-state index is 12.2. The van der Waals surface area contributed by atoms with Crippen LogP contribution in [0.1, 0.15) is 86.7 Å². The Morgan fingerprint density at radius 2 is 2.00 bits per heavy atom. The number of fused-ring (bicyclic) bond motifs is 3. The van der Waals surface area contributed by atoms with Crippen molar-refractivity contribution in [1.82, 2.24) is 29.7 Å². The van der Waals surface area contributed by atoms with Crippen LogP contribution in [-0.4, -0.2) is 61.3 Å². The Morgan fingerprint density at radius 1 is 1.24 bits per heavy atom. The molecule has 0 aromatic carbocycles. The molecule has 2 aromatic rings. The maximum absolute atomic E-state index is 12.2. The molecule has 0 radical (unpaired) electrons. The molecule has 3 aliphatic heterocycles. The van der Waals surface area contributed by atoms with Gasteiger partial charge in [-0.05, 0) is 39.0 Å². The number of rotatable bonds is 7. The average Bonchev–Trinajstić information content (AvgIpc) is 3.51. The first-order valence-corrected chi connectivity index (χ1v) is 13.6. The van der Waals surface area contributed by atoms with Crippen LogP contribution in [-0.2, 0) is 22.6 Å². The highest BCUT2D eigenvalue weighted by Crippen LogP contribution is 2.43. The van der Waals surface area contributed by atoms with Crippen molar-refractivity contribution in [2.75, 3.05) is 13.1 Å². The molecule has 8 nitrogen and oxygen atoms in total. The third-order valence-corrected chi connectivity index (χ3v) is 8.80. The van der Waals surface area contributed by atoms with E-state index in [0.29, 0.717) is 31.1 Å². The minimum absolute atomic E-state index is 0.00133. The zero-order valence-electron chi connectivity index (χ0n) is 20.5. The summed E-state index contributed by atoms with van der Waals surface area (Å²) in [6.07, 6.45) is 8.97. The van der Waals surface area contributed by atoms with Crippen molar-refractivity contribution in [3.8, 4) is 0 Å². The molecule has 2 aromatic heterocycles. The highest BCUT2D eigenvalue weighted by atomic mass is 32.1. The second-order valence-electron chi connectivity index (χ2n) is 10.0. The maximum Gasteiger partial charge on any atom is 0.222 e. The van der Waals surface area contributed by atoms with Gasteiger partial charge in [0.15, 0.2) is 0 Å². The Labute approximate surface area is 205 Å². The minimum Gasteiger partial charge on any atom is -0.347 e. The Bertz CT molecular complexity index is 1020. The molecule has 1 N–H and O–H groups in total. The Hall–Kier alpha value is -2.26. The number of thiazole rings is 1. The Balaban J connectivity index is 1.26. The van der Waals surface area contributed by atoms with Crippen molar-refractivity contribution in [2.45, 2.75) is 96.4 Å². The van der Waals surface area contributed by atoms with Crippen molar-refractivity contribution < 1.29 is 9.59 Å². The molecule has 184 valence electrons. The number of amides is 2. The molecule has 5 heterocycles. The molecule has 2 fully saturated rings. The van der Waals surface area contributed by atoms with Crippen molar-refractivity contribution in [1.29, 1.82) is 0 Å². The lowest BCUT2D eigenvalue weighted by atomic mass is 9.95. The molecule has 34 heavy (non-hydrogen) atoms. The van der Waals surface area contributed by atoms with E-state index >= 15 is 0 Å². The van der Waals surface area contributed by atoms with E-state index in [1.54, 1.807) is 18.3 Å². The molecule has 4 atom stereocenters. The van der Waals surface area contributed by atoms with E-state index in [1.165, 1.54) is 18.5 Å². The van der Waals surface area contributed by atoms with Gasteiger partial charge >= 0.3 is 0 Å². The molecule has 0 aliphatic carbocycles. The van der Waals surface area contributed by atoms with Gasteiger partial charge in [0.05, 0.1) is 18.3 Å². The fraction of sp³-hybridized carbons (Fsp3) is 0.680. The third kappa shape index (κ3) is 4.52. The smallest absolute Gasteiger partial charge is 0.222 e. The van der Waals surface area contributed by atoms with E-state index in [0.717, 1.165) is 55.3 Å². The number of carbonyl (C=O) groups excluding carboxylic acids is 2. The fourth-order valence-electron chi connectivity index (χ4n) is 6.47. The van der Waals surface area contributed by atoms with Gasteiger partial charge in [0, 0.05) is 68.3 Å². The lowest BCUT2D eigenvalue weighted by molar-refractivity contribution is -0.131. The lowest BCUT2D eigenvalue weighted by Crippen LogP contribution is -2.45. The van der Waals surface area contributed by atoms with Crippen LogP contribution in [0.25, 0.3) is 0 Å². The zero-order valence-corrected chi connectivity index (χ0v) is 21.3. The SMILES string of the molecule is CCC(=O)N1CCc2c(nc(C)n2C2C[C@H]3CC[C@@H](C2)N3CC[C@H](NC(C)=O)c2nccs2)C1. The predicted octanol–water partition coefficient (Wildman–Crippen LogP) is 3.38. The monoisotopic (exact) mass is 484 g/mol. The largest absolute Gasteiger partial charge is 0.347 e. The van der Waals surface area contributed by atoms with Gasteiger partial charge in [-0.2, -0.15) is 0 Å². The highest BCUT2D eigenvalue weighted by molar-refractivity contribution is 7.09. The van der Waals surface area contributed by atoms with E-state index in [2.05, 4.69) is 26.7 Å². The van der Waals surface area contributed by atoms with Gasteiger partial charge in [-0.1, -0.05) is 6.92 Å². The normalized spacial score (nSPS) is 25.3. The van der Waals surface area contributed by atoms with Gasteiger partial charge < -0.3 is 14.8 Å². The van der Waals surface area contributed by atoms with Crippen LogP contribution in [0.5, 0.6) is 0 Å². The van der Waals surface area contributed by atoms with Crippen LogP contribution < -0.4 is 5.32 Å². The van der Waals surface area contributed by atoms with Crippen molar-refractivity contribution in [3.63, 3.8) is 0 Å². The van der Waals surface area contributed by atoms with Gasteiger partial charge in [0.1, 0.15) is 10.8 Å². The first-order valence-electron chi connectivity index (χ1n) is 12.7. The van der Waals surface area contributed by atoms with Crippen LogP contribution in [0.3, 0.4) is 0 Å². The number of hydrogen-bond acceptors (Lipinski definition) is 6.